The summed E-state index contributed by atoms with van der Waals surface area (Å²) in [4.78, 5) is 29.7. The number of amides is 1. The first-order chi connectivity index (χ1) is 15.8. The number of benzene rings is 1. The lowest BCUT2D eigenvalue weighted by Gasteiger charge is -2.36. The van der Waals surface area contributed by atoms with Crippen molar-refractivity contribution in [3.05, 3.63) is 23.8 Å². The summed E-state index contributed by atoms with van der Waals surface area (Å²) in [7, 11) is 0. The second kappa shape index (κ2) is 11.1. The molecule has 190 valence electrons. The molecule has 4 rings (SSSR count). The Morgan fingerprint density at radius 3 is 2.35 bits per heavy atom. The largest absolute Gasteiger partial charge is 0.478 e. The molecule has 34 heavy (non-hydrogen) atoms. The molecule has 0 saturated carbocycles. The summed E-state index contributed by atoms with van der Waals surface area (Å²) >= 11 is 0. The van der Waals surface area contributed by atoms with E-state index in [0.29, 0.717) is 10.6 Å². The van der Waals surface area contributed by atoms with Crippen LogP contribution in [0.4, 0.5) is 24.5 Å². The fraction of sp³-hybridized carbons (Fsp3) is 0.652. The molecule has 1 amide bonds. The minimum Gasteiger partial charge on any atom is -0.478 e. The fourth-order valence-corrected chi connectivity index (χ4v) is 5.26. The molecule has 0 aromatic heterocycles. The maximum atomic E-state index is 13.6. The highest BCUT2D eigenvalue weighted by molar-refractivity contribution is 6.05. The van der Waals surface area contributed by atoms with Crippen LogP contribution in [0.25, 0.3) is 0 Å². The van der Waals surface area contributed by atoms with Gasteiger partial charge in [-0.05, 0) is 69.8 Å². The minimum absolute atomic E-state index is 0. The monoisotopic (exact) mass is 505 g/mol. The molecule has 0 aliphatic carbocycles. The molecule has 0 unspecified atom stereocenters. The second-order valence-electron chi connectivity index (χ2n) is 9.02. The molecule has 1 N–H and O–H groups in total. The third-order valence-corrected chi connectivity index (χ3v) is 6.86. The van der Waals surface area contributed by atoms with E-state index >= 15 is 0 Å². The summed E-state index contributed by atoms with van der Waals surface area (Å²) in [6.45, 7) is 4.16. The van der Waals surface area contributed by atoms with Crippen LogP contribution in [0.15, 0.2) is 18.2 Å². The van der Waals surface area contributed by atoms with Crippen molar-refractivity contribution in [2.24, 2.45) is 0 Å². The Kier molecular flexibility index (Phi) is 8.70. The van der Waals surface area contributed by atoms with Crippen LogP contribution in [0.1, 0.15) is 48.9 Å². The van der Waals surface area contributed by atoms with E-state index in [1.807, 2.05) is 0 Å². The lowest BCUT2D eigenvalue weighted by molar-refractivity contribution is -0.171. The van der Waals surface area contributed by atoms with Crippen molar-refractivity contribution in [2.75, 3.05) is 49.2 Å². The number of alkyl halides is 3. The minimum atomic E-state index is -5.12. The number of hydrogen-bond donors (Lipinski definition) is 1. The highest BCUT2D eigenvalue weighted by Gasteiger charge is 2.46. The number of halogens is 4. The summed E-state index contributed by atoms with van der Waals surface area (Å²) in [6, 6.07) is 3.87. The molecule has 3 heterocycles. The molecule has 11 heteroatoms. The lowest BCUT2D eigenvalue weighted by Crippen LogP contribution is -2.50. The van der Waals surface area contributed by atoms with Crippen molar-refractivity contribution in [3.63, 3.8) is 0 Å². The molecule has 3 aliphatic heterocycles. The molecule has 1 aromatic carbocycles. The van der Waals surface area contributed by atoms with E-state index in [0.717, 1.165) is 39.0 Å². The summed E-state index contributed by atoms with van der Waals surface area (Å²) < 4.78 is 46.0. The Morgan fingerprint density at radius 2 is 1.74 bits per heavy atom. The van der Waals surface area contributed by atoms with Gasteiger partial charge in [0.15, 0.2) is 0 Å². The quantitative estimate of drug-likeness (QED) is 0.631. The highest BCUT2D eigenvalue weighted by atomic mass is 35.5. The molecule has 0 bridgehead atoms. The van der Waals surface area contributed by atoms with Gasteiger partial charge < -0.3 is 24.5 Å². The standard InChI is InChI=1S/C23H30F3N3O4.ClH/c24-23(25,26)22(32)29(16-7-12-33-13-8-16)20-14-17(5-6-19(20)21(30)31)28-11-3-4-18(28)15-27-9-1-2-10-27;/h5-6,14,16,18H,1-4,7-13,15H2,(H,30,31);1H/t18-;/m0./s1. The normalized spacial score (nSPS) is 22.0. The van der Waals surface area contributed by atoms with Crippen LogP contribution in [0, 0.1) is 0 Å². The number of aromatic carboxylic acids is 1. The topological polar surface area (TPSA) is 73.3 Å². The Bertz CT molecular complexity index is 874. The molecule has 3 saturated heterocycles. The Labute approximate surface area is 203 Å². The first kappa shape index (κ1) is 26.6. The highest BCUT2D eigenvalue weighted by Crippen LogP contribution is 2.36. The number of ether oxygens (including phenoxy) is 1. The molecule has 3 fully saturated rings. The van der Waals surface area contributed by atoms with Crippen LogP contribution < -0.4 is 9.80 Å². The van der Waals surface area contributed by atoms with Crippen molar-refractivity contribution in [3.8, 4) is 0 Å². The maximum absolute atomic E-state index is 13.6. The summed E-state index contributed by atoms with van der Waals surface area (Å²) in [5, 5.41) is 9.73. The van der Waals surface area contributed by atoms with Gasteiger partial charge in [-0.15, -0.1) is 12.4 Å². The Morgan fingerprint density at radius 1 is 1.06 bits per heavy atom. The van der Waals surface area contributed by atoms with E-state index in [-0.39, 0.29) is 55.8 Å². The van der Waals surface area contributed by atoms with Crippen LogP contribution >= 0.6 is 12.4 Å². The number of carboxylic acid groups (broad SMARTS) is 1. The molecule has 0 spiro atoms. The molecule has 7 nitrogen and oxygen atoms in total. The second-order valence-corrected chi connectivity index (χ2v) is 9.02. The van der Waals surface area contributed by atoms with Crippen LogP contribution in [-0.2, 0) is 9.53 Å². The zero-order valence-corrected chi connectivity index (χ0v) is 19.7. The van der Waals surface area contributed by atoms with Crippen molar-refractivity contribution in [2.45, 2.75) is 56.8 Å². The summed E-state index contributed by atoms with van der Waals surface area (Å²) in [5.41, 5.74) is 0.155. The summed E-state index contributed by atoms with van der Waals surface area (Å²) in [6.07, 6.45) is -0.417. The van der Waals surface area contributed by atoms with Crippen molar-refractivity contribution in [1.29, 1.82) is 0 Å². The molecule has 3 aliphatic rings. The Hall–Kier alpha value is -2.04. The van der Waals surface area contributed by atoms with Gasteiger partial charge in [0.1, 0.15) is 0 Å². The molecular weight excluding hydrogens is 475 g/mol. The predicted molar refractivity (Wildman–Crippen MR) is 124 cm³/mol. The third-order valence-electron chi connectivity index (χ3n) is 6.86. The van der Waals surface area contributed by atoms with E-state index in [1.165, 1.54) is 25.0 Å². The molecule has 0 radical (unpaired) electrons. The van der Waals surface area contributed by atoms with Gasteiger partial charge in [-0.25, -0.2) is 4.79 Å². The number of rotatable bonds is 6. The first-order valence-electron chi connectivity index (χ1n) is 11.6. The molecule has 1 atom stereocenters. The number of carbonyl (C=O) groups excluding carboxylic acids is 1. The summed E-state index contributed by atoms with van der Waals surface area (Å²) in [5.74, 6) is -3.40. The van der Waals surface area contributed by atoms with Gasteiger partial charge in [0.2, 0.25) is 0 Å². The third kappa shape index (κ3) is 5.78. The average Bonchev–Trinajstić information content (AvgIpc) is 3.46. The van der Waals surface area contributed by atoms with E-state index in [9.17, 15) is 27.9 Å². The lowest BCUT2D eigenvalue weighted by atomic mass is 10.0. The first-order valence-corrected chi connectivity index (χ1v) is 11.6. The SMILES string of the molecule is Cl.O=C(O)c1ccc(N2CCC[C@H]2CN2CCCC2)cc1N(C(=O)C(F)(F)F)C1CCOCC1. The average molecular weight is 506 g/mol. The van der Waals surface area contributed by atoms with Crippen molar-refractivity contribution in [1.82, 2.24) is 4.90 Å². The van der Waals surface area contributed by atoms with Gasteiger partial charge in [0, 0.05) is 44.1 Å². The predicted octanol–water partition coefficient (Wildman–Crippen LogP) is 3.95. The van der Waals surface area contributed by atoms with Gasteiger partial charge in [0.25, 0.3) is 0 Å². The number of anilines is 2. The maximum Gasteiger partial charge on any atom is 0.471 e. The van der Waals surface area contributed by atoms with Crippen molar-refractivity contribution >= 4 is 35.7 Å². The van der Waals surface area contributed by atoms with Gasteiger partial charge in [0.05, 0.1) is 11.3 Å². The smallest absolute Gasteiger partial charge is 0.471 e. The van der Waals surface area contributed by atoms with Gasteiger partial charge in [-0.3, -0.25) is 4.79 Å². The van der Waals surface area contributed by atoms with Crippen LogP contribution in [-0.4, -0.2) is 79.5 Å². The Balaban J connectivity index is 0.00000324. The van der Waals surface area contributed by atoms with E-state index in [2.05, 4.69) is 9.80 Å². The zero-order chi connectivity index (χ0) is 23.6. The number of nitrogens with zero attached hydrogens (tertiary/aromatic N) is 3. The van der Waals surface area contributed by atoms with E-state index < -0.39 is 24.1 Å². The molecular formula is C23H31ClF3N3O4. The number of carbonyl (C=O) groups is 2. The van der Waals surface area contributed by atoms with E-state index in [4.69, 9.17) is 4.74 Å². The van der Waals surface area contributed by atoms with Gasteiger partial charge >= 0.3 is 18.1 Å². The number of hydrogen-bond acceptors (Lipinski definition) is 5. The van der Waals surface area contributed by atoms with Gasteiger partial charge in [-0.1, -0.05) is 0 Å². The van der Waals surface area contributed by atoms with Crippen molar-refractivity contribution < 1.29 is 32.6 Å². The number of likely N-dealkylation sites (tertiary alicyclic amines) is 1. The fourth-order valence-electron chi connectivity index (χ4n) is 5.26. The van der Waals surface area contributed by atoms with E-state index in [1.54, 1.807) is 6.07 Å². The van der Waals surface area contributed by atoms with Crippen LogP contribution in [0.2, 0.25) is 0 Å². The van der Waals surface area contributed by atoms with Crippen LogP contribution in [0.5, 0.6) is 0 Å². The van der Waals surface area contributed by atoms with Gasteiger partial charge in [-0.2, -0.15) is 13.2 Å². The number of carboxylic acids is 1. The molecule has 1 aromatic rings. The van der Waals surface area contributed by atoms with Crippen LogP contribution in [0.3, 0.4) is 0 Å². The zero-order valence-electron chi connectivity index (χ0n) is 18.9.